The molecule has 0 radical (unpaired) electrons. The van der Waals surface area contributed by atoms with Crippen LogP contribution in [-0.4, -0.2) is 37.2 Å². The quantitative estimate of drug-likeness (QED) is 0.0263. The molecule has 0 aliphatic rings. The molecule has 0 saturated carbocycles. The average Bonchev–Trinajstić information content (AvgIpc) is 3.27. The molecule has 0 aromatic heterocycles. The first-order valence-electron chi connectivity index (χ1n) is 25.2. The predicted molar refractivity (Wildman–Crippen MR) is 265 cm³/mol. The third-order valence-corrected chi connectivity index (χ3v) is 10.3. The summed E-state index contributed by atoms with van der Waals surface area (Å²) in [6.07, 6.45) is 65.4. The second-order valence-electron chi connectivity index (χ2n) is 16.3. The van der Waals surface area contributed by atoms with Crippen molar-refractivity contribution < 1.29 is 28.6 Å². The molecule has 1 atom stereocenters. The van der Waals surface area contributed by atoms with Crippen molar-refractivity contribution in [2.24, 2.45) is 0 Å². The molecule has 0 N–H and O–H groups in total. The van der Waals surface area contributed by atoms with Crippen LogP contribution in [0.5, 0.6) is 0 Å². The zero-order valence-corrected chi connectivity index (χ0v) is 40.1. The van der Waals surface area contributed by atoms with E-state index >= 15 is 0 Å². The first-order chi connectivity index (χ1) is 30.5. The van der Waals surface area contributed by atoms with Crippen molar-refractivity contribution in [2.45, 2.75) is 226 Å². The van der Waals surface area contributed by atoms with Crippen molar-refractivity contribution in [2.75, 3.05) is 13.2 Å². The van der Waals surface area contributed by atoms with Crippen molar-refractivity contribution in [1.82, 2.24) is 0 Å². The molecular weight excluding hydrogens is 769 g/mol. The fourth-order valence-electron chi connectivity index (χ4n) is 6.60. The van der Waals surface area contributed by atoms with E-state index in [9.17, 15) is 14.4 Å². The molecule has 0 aliphatic carbocycles. The van der Waals surface area contributed by atoms with Gasteiger partial charge in [0.15, 0.2) is 6.10 Å². The van der Waals surface area contributed by atoms with E-state index in [1.54, 1.807) is 0 Å². The number of allylic oxidation sites excluding steroid dienone is 16. The Kier molecular flexibility index (Phi) is 47.0. The summed E-state index contributed by atoms with van der Waals surface area (Å²) < 4.78 is 16.7. The number of esters is 3. The maximum absolute atomic E-state index is 12.8. The van der Waals surface area contributed by atoms with Gasteiger partial charge in [-0.3, -0.25) is 14.4 Å². The summed E-state index contributed by atoms with van der Waals surface area (Å²) in [5.74, 6) is -0.945. The van der Waals surface area contributed by atoms with Gasteiger partial charge < -0.3 is 14.2 Å². The molecule has 0 saturated heterocycles. The lowest BCUT2D eigenvalue weighted by Gasteiger charge is -2.18. The van der Waals surface area contributed by atoms with Gasteiger partial charge in [-0.1, -0.05) is 201 Å². The average molecular weight is 861 g/mol. The molecule has 0 bridgehead atoms. The van der Waals surface area contributed by atoms with E-state index in [4.69, 9.17) is 14.2 Å². The molecule has 0 spiro atoms. The molecule has 0 aromatic rings. The SMILES string of the molecule is CC/C=C\C/C=C\C/C=C\C/C=C\C/C=C\CCCCCC(=O)OCC(COC(=O)CCCCCCCCCC)OC(=O)CCCCCCCCC/C=C\C/C=C\C/C=C\CC. The van der Waals surface area contributed by atoms with Crippen LogP contribution in [0.4, 0.5) is 0 Å². The maximum Gasteiger partial charge on any atom is 0.306 e. The van der Waals surface area contributed by atoms with Gasteiger partial charge >= 0.3 is 17.9 Å². The lowest BCUT2D eigenvalue weighted by atomic mass is 10.1. The molecule has 0 aromatic carbocycles. The van der Waals surface area contributed by atoms with Crippen LogP contribution in [0, 0.1) is 0 Å². The molecule has 0 aliphatic heterocycles. The van der Waals surface area contributed by atoms with E-state index in [2.05, 4.69) is 118 Å². The van der Waals surface area contributed by atoms with Gasteiger partial charge in [-0.25, -0.2) is 0 Å². The first kappa shape index (κ1) is 58.3. The van der Waals surface area contributed by atoms with Crippen LogP contribution in [0.15, 0.2) is 97.2 Å². The summed E-state index contributed by atoms with van der Waals surface area (Å²) >= 11 is 0. The number of unbranched alkanes of at least 4 members (excludes halogenated alkanes) is 17. The summed E-state index contributed by atoms with van der Waals surface area (Å²) in [6, 6.07) is 0. The molecule has 6 heteroatoms. The van der Waals surface area contributed by atoms with Crippen LogP contribution in [0.1, 0.15) is 220 Å². The topological polar surface area (TPSA) is 78.9 Å². The normalized spacial score (nSPS) is 12.9. The third-order valence-electron chi connectivity index (χ3n) is 10.3. The highest BCUT2D eigenvalue weighted by molar-refractivity contribution is 5.71. The lowest BCUT2D eigenvalue weighted by molar-refractivity contribution is -0.167. The Morgan fingerprint density at radius 3 is 1.00 bits per heavy atom. The number of rotatable bonds is 44. The number of carbonyl (C=O) groups excluding carboxylic acids is 3. The molecule has 0 amide bonds. The van der Waals surface area contributed by atoms with E-state index in [0.717, 1.165) is 122 Å². The lowest BCUT2D eigenvalue weighted by Crippen LogP contribution is -2.30. The van der Waals surface area contributed by atoms with Crippen LogP contribution in [0.2, 0.25) is 0 Å². The van der Waals surface area contributed by atoms with Gasteiger partial charge in [-0.15, -0.1) is 0 Å². The Labute approximate surface area is 381 Å². The summed E-state index contributed by atoms with van der Waals surface area (Å²) in [6.45, 7) is 6.33. The summed E-state index contributed by atoms with van der Waals surface area (Å²) in [5.41, 5.74) is 0. The van der Waals surface area contributed by atoms with Crippen molar-refractivity contribution in [3.63, 3.8) is 0 Å². The van der Waals surface area contributed by atoms with Gasteiger partial charge in [0.25, 0.3) is 0 Å². The molecule has 352 valence electrons. The minimum Gasteiger partial charge on any atom is -0.462 e. The van der Waals surface area contributed by atoms with E-state index in [1.807, 2.05) is 0 Å². The van der Waals surface area contributed by atoms with Crippen LogP contribution >= 0.6 is 0 Å². The Bertz CT molecular complexity index is 1260. The molecule has 0 heterocycles. The highest BCUT2D eigenvalue weighted by Gasteiger charge is 2.19. The first-order valence-corrected chi connectivity index (χ1v) is 25.2. The molecule has 6 nitrogen and oxygen atoms in total. The van der Waals surface area contributed by atoms with Crippen molar-refractivity contribution in [3.8, 4) is 0 Å². The Morgan fingerprint density at radius 1 is 0.339 bits per heavy atom. The fourth-order valence-corrected chi connectivity index (χ4v) is 6.60. The Morgan fingerprint density at radius 2 is 0.629 bits per heavy atom. The number of ether oxygens (including phenoxy) is 3. The molecule has 1 unspecified atom stereocenters. The third kappa shape index (κ3) is 47.4. The minimum atomic E-state index is -0.794. The van der Waals surface area contributed by atoms with Gasteiger partial charge in [0.2, 0.25) is 0 Å². The predicted octanol–water partition coefficient (Wildman–Crippen LogP) is 16.6. The van der Waals surface area contributed by atoms with Crippen LogP contribution in [0.3, 0.4) is 0 Å². The smallest absolute Gasteiger partial charge is 0.306 e. The largest absolute Gasteiger partial charge is 0.462 e. The van der Waals surface area contributed by atoms with Gasteiger partial charge in [0.05, 0.1) is 0 Å². The van der Waals surface area contributed by atoms with E-state index in [0.29, 0.717) is 19.3 Å². The number of carbonyl (C=O) groups is 3. The van der Waals surface area contributed by atoms with E-state index in [-0.39, 0.29) is 31.1 Å². The Hall–Kier alpha value is -3.67. The second kappa shape index (κ2) is 50.0. The van der Waals surface area contributed by atoms with Gasteiger partial charge in [0, 0.05) is 19.3 Å². The van der Waals surface area contributed by atoms with Crippen LogP contribution < -0.4 is 0 Å². The summed E-state index contributed by atoms with van der Waals surface area (Å²) in [4.78, 5) is 37.8. The van der Waals surface area contributed by atoms with Crippen molar-refractivity contribution in [1.29, 1.82) is 0 Å². The zero-order chi connectivity index (χ0) is 45.1. The highest BCUT2D eigenvalue weighted by atomic mass is 16.6. The molecular formula is C56H92O6. The summed E-state index contributed by atoms with van der Waals surface area (Å²) in [7, 11) is 0. The molecule has 62 heavy (non-hydrogen) atoms. The van der Waals surface area contributed by atoms with Gasteiger partial charge in [-0.05, 0) is 96.3 Å². The number of hydrogen-bond donors (Lipinski definition) is 0. The molecule has 0 fully saturated rings. The number of hydrogen-bond acceptors (Lipinski definition) is 6. The maximum atomic E-state index is 12.8. The fraction of sp³-hybridized carbons (Fsp3) is 0.661. The second-order valence-corrected chi connectivity index (χ2v) is 16.3. The van der Waals surface area contributed by atoms with Crippen molar-refractivity contribution >= 4 is 17.9 Å². The monoisotopic (exact) mass is 861 g/mol. The minimum absolute atomic E-state index is 0.0926. The standard InChI is InChI=1S/C56H92O6/c1-4-7-10-13-16-19-21-23-25-27-28-30-31-33-35-37-40-43-46-49-55(58)61-52-53(51-60-54(57)48-45-42-39-18-15-12-9-6-3)62-56(59)50-47-44-41-38-36-34-32-29-26-24-22-20-17-14-11-8-5-2/h7-8,10-11,16-17,19-20,23-26,28,30,33,35,53H,4-6,9,12-15,18,21-22,27,29,31-32,34,36-52H2,1-3H3/b10-7-,11-8-,19-16-,20-17-,25-23-,26-24-,30-28-,35-33-. The van der Waals surface area contributed by atoms with Gasteiger partial charge in [-0.2, -0.15) is 0 Å². The highest BCUT2D eigenvalue weighted by Crippen LogP contribution is 2.13. The van der Waals surface area contributed by atoms with Crippen LogP contribution in [-0.2, 0) is 28.6 Å². The van der Waals surface area contributed by atoms with Crippen molar-refractivity contribution in [3.05, 3.63) is 97.2 Å². The van der Waals surface area contributed by atoms with E-state index < -0.39 is 6.10 Å². The molecule has 0 rings (SSSR count). The summed E-state index contributed by atoms with van der Waals surface area (Å²) in [5, 5.41) is 0. The van der Waals surface area contributed by atoms with Gasteiger partial charge in [0.1, 0.15) is 13.2 Å². The Balaban J connectivity index is 4.39. The van der Waals surface area contributed by atoms with Crippen LogP contribution in [0.25, 0.3) is 0 Å². The zero-order valence-electron chi connectivity index (χ0n) is 40.1. The van der Waals surface area contributed by atoms with E-state index in [1.165, 1.54) is 57.8 Å².